The Morgan fingerprint density at radius 3 is 2.83 bits per heavy atom. The van der Waals surface area contributed by atoms with Crippen LogP contribution >= 0.6 is 0 Å². The van der Waals surface area contributed by atoms with Crippen LogP contribution in [0.25, 0.3) is 0 Å². The van der Waals surface area contributed by atoms with Crippen LogP contribution in [0, 0.1) is 5.92 Å². The molecule has 2 atom stereocenters. The molecule has 0 radical (unpaired) electrons. The van der Waals surface area contributed by atoms with Gasteiger partial charge in [0, 0.05) is 0 Å². The summed E-state index contributed by atoms with van der Waals surface area (Å²) >= 11 is 0. The van der Waals surface area contributed by atoms with Crippen LogP contribution in [0.1, 0.15) is 20.3 Å². The third-order valence-electron chi connectivity index (χ3n) is 2.24. The third-order valence-corrected chi connectivity index (χ3v) is 2.24. The van der Waals surface area contributed by atoms with E-state index in [0.717, 1.165) is 6.42 Å². The summed E-state index contributed by atoms with van der Waals surface area (Å²) in [5.74, 6) is 0.0399. The van der Waals surface area contributed by atoms with Crippen molar-refractivity contribution in [2.45, 2.75) is 26.3 Å². The molecule has 0 saturated carbocycles. The molecular formula is C8H14N2O2. The van der Waals surface area contributed by atoms with Crippen molar-refractivity contribution in [3.8, 4) is 0 Å². The first-order valence-corrected chi connectivity index (χ1v) is 4.22. The summed E-state index contributed by atoms with van der Waals surface area (Å²) < 4.78 is 0. The average Bonchev–Trinajstić information content (AvgIpc) is 2.08. The van der Waals surface area contributed by atoms with Crippen LogP contribution in [0.5, 0.6) is 0 Å². The van der Waals surface area contributed by atoms with Crippen molar-refractivity contribution < 1.29 is 9.59 Å². The number of piperazine rings is 1. The van der Waals surface area contributed by atoms with E-state index in [0.29, 0.717) is 0 Å². The SMILES string of the molecule is CC[C@H](C)[C@@H]1NC(=O)CNC1=O. The molecule has 1 fully saturated rings. The summed E-state index contributed by atoms with van der Waals surface area (Å²) in [6.07, 6.45) is 0.887. The van der Waals surface area contributed by atoms with E-state index in [1.165, 1.54) is 0 Å². The number of rotatable bonds is 2. The van der Waals surface area contributed by atoms with E-state index in [1.807, 2.05) is 13.8 Å². The average molecular weight is 170 g/mol. The van der Waals surface area contributed by atoms with Crippen molar-refractivity contribution in [3.05, 3.63) is 0 Å². The molecule has 0 aliphatic carbocycles. The van der Waals surface area contributed by atoms with Crippen LogP contribution < -0.4 is 10.6 Å². The Morgan fingerprint density at radius 1 is 1.58 bits per heavy atom. The molecule has 0 spiro atoms. The second-order valence-corrected chi connectivity index (χ2v) is 3.15. The van der Waals surface area contributed by atoms with E-state index in [1.54, 1.807) is 0 Å². The Bertz CT molecular complexity index is 203. The first-order chi connectivity index (χ1) is 5.65. The second kappa shape index (κ2) is 3.56. The number of carbonyl (C=O) groups is 2. The Labute approximate surface area is 71.7 Å². The van der Waals surface area contributed by atoms with Gasteiger partial charge in [0.05, 0.1) is 6.54 Å². The van der Waals surface area contributed by atoms with Gasteiger partial charge in [-0.05, 0) is 5.92 Å². The molecule has 0 unspecified atom stereocenters. The first-order valence-electron chi connectivity index (χ1n) is 4.22. The van der Waals surface area contributed by atoms with Crippen molar-refractivity contribution in [2.75, 3.05) is 6.54 Å². The fourth-order valence-electron chi connectivity index (χ4n) is 1.20. The van der Waals surface area contributed by atoms with Gasteiger partial charge in [-0.2, -0.15) is 0 Å². The van der Waals surface area contributed by atoms with Gasteiger partial charge in [0.2, 0.25) is 11.8 Å². The molecule has 0 aromatic rings. The predicted octanol–water partition coefficient (Wildman–Crippen LogP) is -0.353. The van der Waals surface area contributed by atoms with Crippen molar-refractivity contribution in [1.29, 1.82) is 0 Å². The van der Waals surface area contributed by atoms with Crippen molar-refractivity contribution in [3.63, 3.8) is 0 Å². The van der Waals surface area contributed by atoms with Crippen LogP contribution in [-0.4, -0.2) is 24.4 Å². The summed E-state index contributed by atoms with van der Waals surface area (Å²) in [7, 11) is 0. The number of hydrogen-bond donors (Lipinski definition) is 2. The van der Waals surface area contributed by atoms with Gasteiger partial charge in [-0.25, -0.2) is 0 Å². The van der Waals surface area contributed by atoms with Gasteiger partial charge in [-0.15, -0.1) is 0 Å². The largest absolute Gasteiger partial charge is 0.345 e. The highest BCUT2D eigenvalue weighted by molar-refractivity contribution is 5.94. The van der Waals surface area contributed by atoms with E-state index >= 15 is 0 Å². The van der Waals surface area contributed by atoms with Crippen LogP contribution in [-0.2, 0) is 9.59 Å². The predicted molar refractivity (Wildman–Crippen MR) is 44.4 cm³/mol. The minimum Gasteiger partial charge on any atom is -0.345 e. The number of nitrogens with one attached hydrogen (secondary N) is 2. The summed E-state index contributed by atoms with van der Waals surface area (Å²) in [5, 5.41) is 5.21. The molecule has 1 heterocycles. The second-order valence-electron chi connectivity index (χ2n) is 3.15. The standard InChI is InChI=1S/C8H14N2O2/c1-3-5(2)7-8(12)9-4-6(11)10-7/h5,7H,3-4H2,1-2H3,(H,9,12)(H,10,11)/t5-,7-/m0/s1. The zero-order valence-corrected chi connectivity index (χ0v) is 7.39. The molecule has 68 valence electrons. The molecule has 4 nitrogen and oxygen atoms in total. The molecule has 1 saturated heterocycles. The maximum atomic E-state index is 11.2. The molecule has 1 aliphatic heterocycles. The summed E-state index contributed by atoms with van der Waals surface area (Å²) in [5.41, 5.74) is 0. The smallest absolute Gasteiger partial charge is 0.243 e. The van der Waals surface area contributed by atoms with Gasteiger partial charge < -0.3 is 10.6 Å². The maximum Gasteiger partial charge on any atom is 0.243 e. The third kappa shape index (κ3) is 1.75. The molecule has 1 rings (SSSR count). The number of amides is 2. The van der Waals surface area contributed by atoms with Gasteiger partial charge in [0.25, 0.3) is 0 Å². The van der Waals surface area contributed by atoms with Crippen molar-refractivity contribution >= 4 is 11.8 Å². The minimum atomic E-state index is -0.337. The highest BCUT2D eigenvalue weighted by atomic mass is 16.2. The Kier molecular flexibility index (Phi) is 2.68. The normalized spacial score (nSPS) is 26.0. The first kappa shape index (κ1) is 9.03. The highest BCUT2D eigenvalue weighted by Gasteiger charge is 2.29. The Balaban J connectivity index is 2.60. The minimum absolute atomic E-state index is 0.0658. The van der Waals surface area contributed by atoms with Crippen LogP contribution in [0.2, 0.25) is 0 Å². The number of hydrogen-bond acceptors (Lipinski definition) is 2. The lowest BCUT2D eigenvalue weighted by molar-refractivity contribution is -0.134. The number of carbonyl (C=O) groups excluding carboxylic acids is 2. The molecule has 4 heteroatoms. The lowest BCUT2D eigenvalue weighted by atomic mass is 9.97. The summed E-state index contributed by atoms with van der Waals surface area (Å²) in [4.78, 5) is 22.1. The van der Waals surface area contributed by atoms with E-state index < -0.39 is 0 Å². The fourth-order valence-corrected chi connectivity index (χ4v) is 1.20. The monoisotopic (exact) mass is 170 g/mol. The molecule has 12 heavy (non-hydrogen) atoms. The maximum absolute atomic E-state index is 11.2. The van der Waals surface area contributed by atoms with Gasteiger partial charge >= 0.3 is 0 Å². The van der Waals surface area contributed by atoms with E-state index in [2.05, 4.69) is 10.6 Å². The van der Waals surface area contributed by atoms with E-state index in [9.17, 15) is 9.59 Å². The molecule has 1 aliphatic rings. The van der Waals surface area contributed by atoms with Gasteiger partial charge in [0.1, 0.15) is 6.04 Å². The zero-order valence-electron chi connectivity index (χ0n) is 7.39. The van der Waals surface area contributed by atoms with E-state index in [4.69, 9.17) is 0 Å². The topological polar surface area (TPSA) is 58.2 Å². The quantitative estimate of drug-likeness (QED) is 0.595. The molecule has 0 bridgehead atoms. The molecule has 0 aromatic heterocycles. The van der Waals surface area contributed by atoms with Crippen molar-refractivity contribution in [2.24, 2.45) is 5.92 Å². The van der Waals surface area contributed by atoms with Gasteiger partial charge in [0.15, 0.2) is 0 Å². The lowest BCUT2D eigenvalue weighted by Crippen LogP contribution is -2.58. The van der Waals surface area contributed by atoms with Gasteiger partial charge in [-0.1, -0.05) is 20.3 Å². The van der Waals surface area contributed by atoms with Crippen molar-refractivity contribution in [1.82, 2.24) is 10.6 Å². The fraction of sp³-hybridized carbons (Fsp3) is 0.750. The highest BCUT2D eigenvalue weighted by Crippen LogP contribution is 2.09. The lowest BCUT2D eigenvalue weighted by Gasteiger charge is -2.27. The molecule has 2 amide bonds. The molecular weight excluding hydrogens is 156 g/mol. The molecule has 0 aromatic carbocycles. The summed E-state index contributed by atoms with van der Waals surface area (Å²) in [6, 6.07) is -0.337. The van der Waals surface area contributed by atoms with Gasteiger partial charge in [-0.3, -0.25) is 9.59 Å². The van der Waals surface area contributed by atoms with Crippen LogP contribution in [0.3, 0.4) is 0 Å². The van der Waals surface area contributed by atoms with Crippen LogP contribution in [0.4, 0.5) is 0 Å². The Morgan fingerprint density at radius 2 is 2.25 bits per heavy atom. The zero-order chi connectivity index (χ0) is 9.14. The Hall–Kier alpha value is -1.06. The molecule has 2 N–H and O–H groups in total. The van der Waals surface area contributed by atoms with Crippen LogP contribution in [0.15, 0.2) is 0 Å². The van der Waals surface area contributed by atoms with E-state index in [-0.39, 0.29) is 30.3 Å². The summed E-state index contributed by atoms with van der Waals surface area (Å²) in [6.45, 7) is 4.07.